The zero-order valence-corrected chi connectivity index (χ0v) is 12.8. The summed E-state index contributed by atoms with van der Waals surface area (Å²) < 4.78 is 13.0. The highest BCUT2D eigenvalue weighted by molar-refractivity contribution is 7.80. The predicted molar refractivity (Wildman–Crippen MR) is 90.1 cm³/mol. The first-order chi connectivity index (χ1) is 10.1. The van der Waals surface area contributed by atoms with Crippen LogP contribution in [0.15, 0.2) is 48.5 Å². The van der Waals surface area contributed by atoms with Crippen molar-refractivity contribution in [3.8, 4) is 0 Å². The van der Waals surface area contributed by atoms with Gasteiger partial charge < -0.3 is 10.6 Å². The normalized spacial score (nSPS) is 10.2. The van der Waals surface area contributed by atoms with Gasteiger partial charge in [0.05, 0.1) is 0 Å². The number of rotatable bonds is 5. The second-order valence-electron chi connectivity index (χ2n) is 4.98. The molecule has 2 nitrogen and oxygen atoms in total. The van der Waals surface area contributed by atoms with Gasteiger partial charge in [-0.1, -0.05) is 35.9 Å². The van der Waals surface area contributed by atoms with E-state index in [9.17, 15) is 4.39 Å². The van der Waals surface area contributed by atoms with Crippen molar-refractivity contribution in [2.45, 2.75) is 19.8 Å². The van der Waals surface area contributed by atoms with Gasteiger partial charge in [-0.05, 0) is 55.7 Å². The fourth-order valence-corrected chi connectivity index (χ4v) is 2.32. The average Bonchev–Trinajstić information content (AvgIpc) is 2.44. The fourth-order valence-electron chi connectivity index (χ4n) is 2.10. The lowest BCUT2D eigenvalue weighted by atomic mass is 10.1. The molecule has 0 aliphatic carbocycles. The number of nitrogens with one attached hydrogen (secondary N) is 2. The Labute approximate surface area is 130 Å². The predicted octanol–water partition coefficient (Wildman–Crippen LogP) is 4.05. The fraction of sp³-hybridized carbons (Fsp3) is 0.235. The maximum atomic E-state index is 13.0. The van der Waals surface area contributed by atoms with Crippen LogP contribution >= 0.6 is 12.2 Å². The zero-order chi connectivity index (χ0) is 15.1. The van der Waals surface area contributed by atoms with Gasteiger partial charge >= 0.3 is 0 Å². The van der Waals surface area contributed by atoms with E-state index in [0.29, 0.717) is 10.8 Å². The Kier molecular flexibility index (Phi) is 5.69. The Bertz CT molecular complexity index is 613. The standard InChI is InChI=1S/C17H19FN2S/c1-13-5-2-6-14(11-13)7-4-10-19-17(21)20-16-9-3-8-15(18)12-16/h2-3,5-6,8-9,11-12H,4,7,10H2,1H3,(H2,19,20,21). The third kappa shape index (κ3) is 5.52. The van der Waals surface area contributed by atoms with Gasteiger partial charge in [-0.25, -0.2) is 4.39 Å². The number of thiocarbonyl (C=S) groups is 1. The minimum absolute atomic E-state index is 0.276. The average molecular weight is 302 g/mol. The molecule has 0 bridgehead atoms. The van der Waals surface area contributed by atoms with Crippen LogP contribution in [-0.2, 0) is 6.42 Å². The molecule has 2 N–H and O–H groups in total. The van der Waals surface area contributed by atoms with E-state index in [2.05, 4.69) is 41.8 Å². The number of hydrogen-bond acceptors (Lipinski definition) is 1. The summed E-state index contributed by atoms with van der Waals surface area (Å²) in [6, 6.07) is 14.8. The molecule has 0 saturated carbocycles. The molecule has 0 radical (unpaired) electrons. The highest BCUT2D eigenvalue weighted by Crippen LogP contribution is 2.09. The number of hydrogen-bond donors (Lipinski definition) is 2. The van der Waals surface area contributed by atoms with Crippen LogP contribution < -0.4 is 10.6 Å². The van der Waals surface area contributed by atoms with Crippen molar-refractivity contribution in [1.29, 1.82) is 0 Å². The van der Waals surface area contributed by atoms with E-state index in [1.54, 1.807) is 12.1 Å². The third-order valence-corrected chi connectivity index (χ3v) is 3.34. The molecule has 21 heavy (non-hydrogen) atoms. The van der Waals surface area contributed by atoms with Crippen LogP contribution in [-0.4, -0.2) is 11.7 Å². The highest BCUT2D eigenvalue weighted by atomic mass is 32.1. The largest absolute Gasteiger partial charge is 0.362 e. The molecule has 0 saturated heterocycles. The van der Waals surface area contributed by atoms with Crippen LogP contribution in [0.1, 0.15) is 17.5 Å². The van der Waals surface area contributed by atoms with Crippen LogP contribution in [0.3, 0.4) is 0 Å². The van der Waals surface area contributed by atoms with Crippen molar-refractivity contribution in [2.24, 2.45) is 0 Å². The van der Waals surface area contributed by atoms with E-state index in [1.165, 1.54) is 23.3 Å². The second-order valence-corrected chi connectivity index (χ2v) is 5.39. The van der Waals surface area contributed by atoms with E-state index in [4.69, 9.17) is 12.2 Å². The first-order valence-corrected chi connectivity index (χ1v) is 7.40. The van der Waals surface area contributed by atoms with Crippen molar-refractivity contribution < 1.29 is 4.39 Å². The molecule has 0 atom stereocenters. The van der Waals surface area contributed by atoms with E-state index >= 15 is 0 Å². The first kappa shape index (κ1) is 15.4. The number of benzene rings is 2. The molecular formula is C17H19FN2S. The summed E-state index contributed by atoms with van der Waals surface area (Å²) in [5.41, 5.74) is 3.27. The van der Waals surface area contributed by atoms with Gasteiger partial charge in [0.15, 0.2) is 5.11 Å². The summed E-state index contributed by atoms with van der Waals surface area (Å²) >= 11 is 5.19. The molecule has 2 aromatic rings. The molecule has 0 unspecified atom stereocenters. The van der Waals surface area contributed by atoms with Crippen molar-refractivity contribution in [1.82, 2.24) is 5.32 Å². The van der Waals surface area contributed by atoms with E-state index in [1.807, 2.05) is 0 Å². The van der Waals surface area contributed by atoms with Gasteiger partial charge in [-0.15, -0.1) is 0 Å². The quantitative estimate of drug-likeness (QED) is 0.643. The minimum atomic E-state index is -0.276. The van der Waals surface area contributed by atoms with Crippen molar-refractivity contribution in [2.75, 3.05) is 11.9 Å². The number of halogens is 1. The minimum Gasteiger partial charge on any atom is -0.362 e. The van der Waals surface area contributed by atoms with Gasteiger partial charge in [0.25, 0.3) is 0 Å². The van der Waals surface area contributed by atoms with Crippen molar-refractivity contribution in [3.05, 3.63) is 65.5 Å². The summed E-state index contributed by atoms with van der Waals surface area (Å²) in [5, 5.41) is 6.62. The van der Waals surface area contributed by atoms with Crippen LogP contribution in [0.4, 0.5) is 10.1 Å². The molecule has 0 amide bonds. The molecule has 0 spiro atoms. The topological polar surface area (TPSA) is 24.1 Å². The van der Waals surface area contributed by atoms with Gasteiger partial charge in [-0.3, -0.25) is 0 Å². The zero-order valence-electron chi connectivity index (χ0n) is 12.0. The lowest BCUT2D eigenvalue weighted by Crippen LogP contribution is -2.29. The highest BCUT2D eigenvalue weighted by Gasteiger charge is 1.99. The molecule has 0 aromatic heterocycles. The molecule has 110 valence electrons. The molecule has 0 heterocycles. The molecule has 2 rings (SSSR count). The Hall–Kier alpha value is -1.94. The molecule has 0 aliphatic rings. The van der Waals surface area contributed by atoms with Crippen LogP contribution in [0.2, 0.25) is 0 Å². The Balaban J connectivity index is 1.70. The maximum absolute atomic E-state index is 13.0. The molecule has 0 fully saturated rings. The van der Waals surface area contributed by atoms with Crippen molar-refractivity contribution in [3.63, 3.8) is 0 Å². The Morgan fingerprint density at radius 1 is 1.14 bits per heavy atom. The maximum Gasteiger partial charge on any atom is 0.170 e. The Morgan fingerprint density at radius 2 is 1.95 bits per heavy atom. The summed E-state index contributed by atoms with van der Waals surface area (Å²) in [5.74, 6) is -0.276. The first-order valence-electron chi connectivity index (χ1n) is 6.99. The van der Waals surface area contributed by atoms with Gasteiger partial charge in [0, 0.05) is 12.2 Å². The second kappa shape index (κ2) is 7.74. The van der Waals surface area contributed by atoms with Gasteiger partial charge in [0.1, 0.15) is 5.82 Å². The molecule has 0 aliphatic heterocycles. The van der Waals surface area contributed by atoms with E-state index in [-0.39, 0.29) is 5.82 Å². The van der Waals surface area contributed by atoms with Gasteiger partial charge in [0.2, 0.25) is 0 Å². The summed E-state index contributed by atoms with van der Waals surface area (Å²) in [4.78, 5) is 0. The molecule has 2 aromatic carbocycles. The SMILES string of the molecule is Cc1cccc(CCCNC(=S)Nc2cccc(F)c2)c1. The van der Waals surface area contributed by atoms with E-state index in [0.717, 1.165) is 19.4 Å². The van der Waals surface area contributed by atoms with E-state index < -0.39 is 0 Å². The number of anilines is 1. The lowest BCUT2D eigenvalue weighted by molar-refractivity contribution is 0.628. The van der Waals surface area contributed by atoms with Gasteiger partial charge in [-0.2, -0.15) is 0 Å². The molecule has 4 heteroatoms. The summed E-state index contributed by atoms with van der Waals surface area (Å²) in [7, 11) is 0. The van der Waals surface area contributed by atoms with Crippen LogP contribution in [0.25, 0.3) is 0 Å². The molecular weight excluding hydrogens is 283 g/mol. The Morgan fingerprint density at radius 3 is 2.71 bits per heavy atom. The number of aryl methyl sites for hydroxylation is 2. The summed E-state index contributed by atoms with van der Waals surface area (Å²) in [6.07, 6.45) is 2.01. The van der Waals surface area contributed by atoms with Crippen molar-refractivity contribution >= 4 is 23.0 Å². The lowest BCUT2D eigenvalue weighted by Gasteiger charge is -2.10. The summed E-state index contributed by atoms with van der Waals surface area (Å²) in [6.45, 7) is 2.88. The van der Waals surface area contributed by atoms with Crippen LogP contribution in [0, 0.1) is 12.7 Å². The monoisotopic (exact) mass is 302 g/mol. The van der Waals surface area contributed by atoms with Crippen LogP contribution in [0.5, 0.6) is 0 Å². The smallest absolute Gasteiger partial charge is 0.170 e. The third-order valence-electron chi connectivity index (χ3n) is 3.09.